The first-order chi connectivity index (χ1) is 28.8. The van der Waals surface area contributed by atoms with Gasteiger partial charge in [0.05, 0.1) is 0 Å². The molecule has 0 fully saturated rings. The zero-order valence-corrected chi connectivity index (χ0v) is 34.3. The molecule has 0 unspecified atom stereocenters. The molecular formula is C50H64N8. The van der Waals surface area contributed by atoms with Crippen molar-refractivity contribution in [2.75, 3.05) is 78.5 Å². The van der Waals surface area contributed by atoms with Crippen LogP contribution in [0.1, 0.15) is 33.4 Å². The molecule has 0 radical (unpaired) electrons. The standard InChI is InChI=1S/C50H64N8/c1-3-19-49-45(13-1)15-7-17-47(49)39-55-25-31-57-27-21-51-35-41-9-5-11-43(33-41)37-53-23-29-58(30-24-54-38-44-12-6-10-42(34-44)36-52-22-28-57)32-26-56-40-48-18-8-16-46-14-2-4-20-50(46)48/h1-20,33-34,51-56H,21-32,35-40H2. The SMILES string of the molecule is c1cc2cc(c1)CNCCN(CCNCc1cccc3ccccc13)CCNCc1cccc(c1)CNCCN(CCNCc1cccc3ccccc13)CCNC2. The molecule has 0 atom stereocenters. The Bertz CT molecular complexity index is 1900. The van der Waals surface area contributed by atoms with Crippen molar-refractivity contribution < 1.29 is 0 Å². The van der Waals surface area contributed by atoms with E-state index in [9.17, 15) is 0 Å². The van der Waals surface area contributed by atoms with Crippen molar-refractivity contribution in [1.29, 1.82) is 0 Å². The highest BCUT2D eigenvalue weighted by atomic mass is 15.2. The van der Waals surface area contributed by atoms with Crippen molar-refractivity contribution in [2.45, 2.75) is 39.3 Å². The van der Waals surface area contributed by atoms with Gasteiger partial charge in [-0.3, -0.25) is 9.80 Å². The van der Waals surface area contributed by atoms with E-state index in [-0.39, 0.29) is 0 Å². The maximum Gasteiger partial charge on any atom is 0.0212 e. The highest BCUT2D eigenvalue weighted by molar-refractivity contribution is 5.86. The van der Waals surface area contributed by atoms with Crippen LogP contribution < -0.4 is 31.9 Å². The number of nitrogens with zero attached hydrogens (tertiary/aromatic N) is 2. The second-order valence-electron chi connectivity index (χ2n) is 15.7. The summed E-state index contributed by atoms with van der Waals surface area (Å²) < 4.78 is 0. The Kier molecular flexibility index (Phi) is 16.7. The van der Waals surface area contributed by atoms with Gasteiger partial charge < -0.3 is 31.9 Å². The minimum absolute atomic E-state index is 0.877. The van der Waals surface area contributed by atoms with Crippen LogP contribution in [0.3, 0.4) is 0 Å². The zero-order valence-electron chi connectivity index (χ0n) is 34.3. The lowest BCUT2D eigenvalue weighted by molar-refractivity contribution is 0.271. The Morgan fingerprint density at radius 2 is 0.741 bits per heavy atom. The first-order valence-electron chi connectivity index (χ1n) is 21.5. The van der Waals surface area contributed by atoms with E-state index >= 15 is 0 Å². The van der Waals surface area contributed by atoms with Crippen LogP contribution in [0.15, 0.2) is 133 Å². The quantitative estimate of drug-likeness (QED) is 0.0914. The molecule has 1 aliphatic rings. The molecule has 6 N–H and O–H groups in total. The van der Waals surface area contributed by atoms with Gasteiger partial charge in [0.2, 0.25) is 0 Å². The molecule has 0 spiro atoms. The highest BCUT2D eigenvalue weighted by Gasteiger charge is 2.09. The van der Waals surface area contributed by atoms with Crippen LogP contribution in [0.2, 0.25) is 0 Å². The fourth-order valence-electron chi connectivity index (χ4n) is 8.06. The lowest BCUT2D eigenvalue weighted by atomic mass is 10.0. The van der Waals surface area contributed by atoms with Gasteiger partial charge >= 0.3 is 0 Å². The normalized spacial score (nSPS) is 16.3. The van der Waals surface area contributed by atoms with E-state index in [0.29, 0.717) is 0 Å². The summed E-state index contributed by atoms with van der Waals surface area (Å²) in [5.74, 6) is 0. The van der Waals surface area contributed by atoms with Gasteiger partial charge in [0.25, 0.3) is 0 Å². The molecule has 4 bridgehead atoms. The Balaban J connectivity index is 0.915. The van der Waals surface area contributed by atoms with Crippen molar-refractivity contribution >= 4 is 21.5 Å². The van der Waals surface area contributed by atoms with Crippen molar-refractivity contribution in [3.05, 3.63) is 167 Å². The van der Waals surface area contributed by atoms with Crippen molar-refractivity contribution in [1.82, 2.24) is 41.7 Å². The van der Waals surface area contributed by atoms with Gasteiger partial charge in [-0.25, -0.2) is 0 Å². The average molecular weight is 777 g/mol. The summed E-state index contributed by atoms with van der Waals surface area (Å²) in [6, 6.07) is 48.7. The number of fused-ring (bicyclic) bond motifs is 6. The number of rotatable bonds is 10. The number of nitrogens with one attached hydrogen (secondary N) is 6. The van der Waals surface area contributed by atoms with Crippen LogP contribution in [0, 0.1) is 0 Å². The summed E-state index contributed by atoms with van der Waals surface area (Å²) in [6.45, 7) is 17.0. The first-order valence-corrected chi connectivity index (χ1v) is 21.5. The summed E-state index contributed by atoms with van der Waals surface area (Å²) >= 11 is 0. The van der Waals surface area contributed by atoms with Crippen molar-refractivity contribution in [3.63, 3.8) is 0 Å². The molecule has 0 aromatic heterocycles. The maximum atomic E-state index is 3.74. The lowest BCUT2D eigenvalue weighted by Gasteiger charge is -2.24. The van der Waals surface area contributed by atoms with Gasteiger partial charge in [-0.15, -0.1) is 0 Å². The Hall–Kier alpha value is -4.48. The third-order valence-corrected chi connectivity index (χ3v) is 11.3. The monoisotopic (exact) mass is 777 g/mol. The first kappa shape index (κ1) is 41.7. The largest absolute Gasteiger partial charge is 0.311 e. The van der Waals surface area contributed by atoms with Gasteiger partial charge in [-0.2, -0.15) is 0 Å². The third kappa shape index (κ3) is 13.3. The molecule has 0 saturated heterocycles. The van der Waals surface area contributed by atoms with E-state index in [1.54, 1.807) is 0 Å². The van der Waals surface area contributed by atoms with Crippen molar-refractivity contribution in [3.8, 4) is 0 Å². The fourth-order valence-corrected chi connectivity index (χ4v) is 8.06. The van der Waals surface area contributed by atoms with Crippen molar-refractivity contribution in [2.24, 2.45) is 0 Å². The average Bonchev–Trinajstić information content (AvgIpc) is 3.26. The summed E-state index contributed by atoms with van der Waals surface area (Å²) in [5, 5.41) is 27.7. The molecule has 58 heavy (non-hydrogen) atoms. The molecule has 8 heteroatoms. The molecule has 6 aromatic rings. The maximum absolute atomic E-state index is 3.74. The Labute approximate surface area is 346 Å². The van der Waals surface area contributed by atoms with Crippen LogP contribution in [-0.2, 0) is 39.3 Å². The summed E-state index contributed by atoms with van der Waals surface area (Å²) in [6.07, 6.45) is 0. The molecule has 8 nitrogen and oxygen atoms in total. The molecule has 1 aliphatic heterocycles. The predicted octanol–water partition coefficient (Wildman–Crippen LogP) is 6.25. The molecule has 0 saturated carbocycles. The second kappa shape index (κ2) is 23.2. The van der Waals surface area contributed by atoms with E-state index in [1.807, 2.05) is 0 Å². The fraction of sp³-hybridized carbons (Fsp3) is 0.360. The van der Waals surface area contributed by atoms with Crippen LogP contribution >= 0.6 is 0 Å². The molecular weight excluding hydrogens is 713 g/mol. The van der Waals surface area contributed by atoms with Gasteiger partial charge in [0.1, 0.15) is 0 Å². The molecule has 1 heterocycles. The molecule has 0 amide bonds. The van der Waals surface area contributed by atoms with Crippen LogP contribution in [-0.4, -0.2) is 88.3 Å². The number of hydrogen-bond donors (Lipinski definition) is 6. The molecule has 6 aromatic carbocycles. The van der Waals surface area contributed by atoms with E-state index in [4.69, 9.17) is 0 Å². The van der Waals surface area contributed by atoms with E-state index in [2.05, 4.69) is 175 Å². The molecule has 7 rings (SSSR count). The Morgan fingerprint density at radius 1 is 0.397 bits per heavy atom. The van der Waals surface area contributed by atoms with Crippen LogP contribution in [0.5, 0.6) is 0 Å². The minimum atomic E-state index is 0.877. The highest BCUT2D eigenvalue weighted by Crippen LogP contribution is 2.19. The number of hydrogen-bond acceptors (Lipinski definition) is 8. The number of benzene rings is 6. The van der Waals surface area contributed by atoms with E-state index < -0.39 is 0 Å². The second-order valence-corrected chi connectivity index (χ2v) is 15.7. The van der Waals surface area contributed by atoms with Gasteiger partial charge in [0.15, 0.2) is 0 Å². The van der Waals surface area contributed by atoms with E-state index in [1.165, 1.54) is 54.9 Å². The van der Waals surface area contributed by atoms with Crippen LogP contribution in [0.25, 0.3) is 21.5 Å². The third-order valence-electron chi connectivity index (χ3n) is 11.3. The molecule has 304 valence electrons. The summed E-state index contributed by atoms with van der Waals surface area (Å²) in [7, 11) is 0. The molecule has 0 aliphatic carbocycles. The zero-order chi connectivity index (χ0) is 39.5. The summed E-state index contributed by atoms with van der Waals surface area (Å²) in [4.78, 5) is 5.17. The van der Waals surface area contributed by atoms with E-state index in [0.717, 1.165) is 118 Å². The van der Waals surface area contributed by atoms with Crippen LogP contribution in [0.4, 0.5) is 0 Å². The lowest BCUT2D eigenvalue weighted by Crippen LogP contribution is -2.40. The summed E-state index contributed by atoms with van der Waals surface area (Å²) in [5.41, 5.74) is 8.08. The van der Waals surface area contributed by atoms with Gasteiger partial charge in [-0.1, -0.05) is 133 Å². The minimum Gasteiger partial charge on any atom is -0.311 e. The Morgan fingerprint density at radius 3 is 1.14 bits per heavy atom. The van der Waals surface area contributed by atoms with Gasteiger partial charge in [0, 0.05) is 118 Å². The smallest absolute Gasteiger partial charge is 0.0212 e. The van der Waals surface area contributed by atoms with Gasteiger partial charge in [-0.05, 0) is 54.9 Å². The predicted molar refractivity (Wildman–Crippen MR) is 244 cm³/mol. The topological polar surface area (TPSA) is 78.7 Å².